The Labute approximate surface area is 191 Å². The van der Waals surface area contributed by atoms with E-state index in [1.165, 1.54) is 28.8 Å². The zero-order valence-electron chi connectivity index (χ0n) is 17.4. The summed E-state index contributed by atoms with van der Waals surface area (Å²) in [6, 6.07) is 7.93. The van der Waals surface area contributed by atoms with Crippen molar-refractivity contribution in [1.29, 1.82) is 0 Å². The largest absolute Gasteiger partial charge is 0.503 e. The highest BCUT2D eigenvalue weighted by molar-refractivity contribution is 6.30. The van der Waals surface area contributed by atoms with Gasteiger partial charge in [-0.1, -0.05) is 17.7 Å². The maximum Gasteiger partial charge on any atom is 0.278 e. The molecule has 0 atom stereocenters. The molecule has 2 amide bonds. The molecule has 4 rings (SSSR count). The van der Waals surface area contributed by atoms with Crippen LogP contribution in [0.15, 0.2) is 47.4 Å². The van der Waals surface area contributed by atoms with Gasteiger partial charge in [-0.3, -0.25) is 14.4 Å². The molecule has 1 aromatic heterocycles. The lowest BCUT2D eigenvalue weighted by Crippen LogP contribution is -2.36. The second-order valence-electron chi connectivity index (χ2n) is 7.57. The Morgan fingerprint density at radius 2 is 1.94 bits per heavy atom. The molecule has 33 heavy (non-hydrogen) atoms. The van der Waals surface area contributed by atoms with E-state index in [1.54, 1.807) is 18.2 Å². The van der Waals surface area contributed by atoms with Crippen molar-refractivity contribution in [3.63, 3.8) is 0 Å². The summed E-state index contributed by atoms with van der Waals surface area (Å²) in [5.74, 6) is -3.97. The molecule has 10 heteroatoms. The number of amides is 2. The minimum atomic E-state index is -1.03. The summed E-state index contributed by atoms with van der Waals surface area (Å²) in [5, 5.41) is 13.4. The van der Waals surface area contributed by atoms with Gasteiger partial charge in [0.25, 0.3) is 11.8 Å². The van der Waals surface area contributed by atoms with Crippen molar-refractivity contribution < 1.29 is 23.5 Å². The summed E-state index contributed by atoms with van der Waals surface area (Å²) in [6.45, 7) is -0.122. The van der Waals surface area contributed by atoms with Crippen LogP contribution in [0.3, 0.4) is 0 Å². The fraction of sp³-hybridized carbons (Fsp3) is 0.174. The maximum absolute atomic E-state index is 13.8. The number of hydrogen-bond donors (Lipinski definition) is 2. The summed E-state index contributed by atoms with van der Waals surface area (Å²) < 4.78 is 28.2. The van der Waals surface area contributed by atoms with Gasteiger partial charge in [0, 0.05) is 48.7 Å². The third-order valence-electron chi connectivity index (χ3n) is 5.49. The third-order valence-corrected chi connectivity index (χ3v) is 5.72. The van der Waals surface area contributed by atoms with Gasteiger partial charge in [-0.05, 0) is 36.2 Å². The zero-order chi connectivity index (χ0) is 23.9. The quantitative estimate of drug-likeness (QED) is 0.611. The van der Waals surface area contributed by atoms with Gasteiger partial charge in [0.2, 0.25) is 5.43 Å². The number of anilines is 1. The van der Waals surface area contributed by atoms with Crippen molar-refractivity contribution in [1.82, 2.24) is 9.88 Å². The van der Waals surface area contributed by atoms with Crippen molar-refractivity contribution in [2.75, 3.05) is 11.9 Å². The van der Waals surface area contributed by atoms with E-state index in [4.69, 9.17) is 11.6 Å². The summed E-state index contributed by atoms with van der Waals surface area (Å²) in [5.41, 5.74) is -0.307. The van der Waals surface area contributed by atoms with Crippen molar-refractivity contribution in [2.45, 2.75) is 19.5 Å². The van der Waals surface area contributed by atoms with Gasteiger partial charge < -0.3 is 19.9 Å². The average molecular weight is 474 g/mol. The first-order valence-corrected chi connectivity index (χ1v) is 10.3. The van der Waals surface area contributed by atoms with Crippen LogP contribution < -0.4 is 15.6 Å². The van der Waals surface area contributed by atoms with Crippen LogP contribution in [0.4, 0.5) is 14.5 Å². The summed E-state index contributed by atoms with van der Waals surface area (Å²) in [6.07, 6.45) is 1.60. The van der Waals surface area contributed by atoms with E-state index < -0.39 is 40.2 Å². The van der Waals surface area contributed by atoms with Gasteiger partial charge in [-0.15, -0.1) is 0 Å². The van der Waals surface area contributed by atoms with Crippen molar-refractivity contribution in [3.05, 3.63) is 91.9 Å². The topological polar surface area (TPSA) is 91.6 Å². The standard InChI is InChI=1S/C23H18ClF2N3O4/c1-28-18-5-3-14(24)8-12(18)6-7-29-11-16(20(30)21(31)19(29)23(28)33)22(32)27-10-13-2-4-15(25)9-17(13)26/h2-5,8-9,11,31H,6-7,10H2,1H3,(H,27,32). The molecular formula is C23H18ClF2N3O4. The summed E-state index contributed by atoms with van der Waals surface area (Å²) >= 11 is 6.08. The van der Waals surface area contributed by atoms with Crippen LogP contribution in [0.25, 0.3) is 0 Å². The van der Waals surface area contributed by atoms with E-state index in [0.717, 1.165) is 11.6 Å². The Morgan fingerprint density at radius 1 is 1.18 bits per heavy atom. The Kier molecular flexibility index (Phi) is 5.90. The molecule has 0 saturated carbocycles. The van der Waals surface area contributed by atoms with Crippen LogP contribution in [0.2, 0.25) is 5.02 Å². The first kappa shape index (κ1) is 22.5. The number of aromatic nitrogens is 1. The Bertz CT molecular complexity index is 1360. The highest BCUT2D eigenvalue weighted by Crippen LogP contribution is 2.29. The molecule has 2 heterocycles. The van der Waals surface area contributed by atoms with E-state index >= 15 is 0 Å². The van der Waals surface area contributed by atoms with Gasteiger partial charge in [0.15, 0.2) is 11.4 Å². The smallest absolute Gasteiger partial charge is 0.278 e. The molecule has 0 saturated heterocycles. The number of nitrogens with one attached hydrogen (secondary N) is 1. The second-order valence-corrected chi connectivity index (χ2v) is 8.00. The van der Waals surface area contributed by atoms with E-state index in [-0.39, 0.29) is 24.3 Å². The molecule has 2 aromatic carbocycles. The molecule has 170 valence electrons. The van der Waals surface area contributed by atoms with Crippen molar-refractivity contribution in [2.24, 2.45) is 0 Å². The number of aromatic hydroxyl groups is 1. The van der Waals surface area contributed by atoms with E-state index in [9.17, 15) is 28.3 Å². The molecule has 0 aliphatic carbocycles. The second kappa shape index (κ2) is 8.67. The molecule has 1 aliphatic heterocycles. The van der Waals surface area contributed by atoms with Gasteiger partial charge in [0.1, 0.15) is 17.2 Å². The molecule has 0 unspecified atom stereocenters. The van der Waals surface area contributed by atoms with Gasteiger partial charge in [-0.25, -0.2) is 8.78 Å². The van der Waals surface area contributed by atoms with Crippen LogP contribution in [0.1, 0.15) is 32.0 Å². The first-order chi connectivity index (χ1) is 15.7. The highest BCUT2D eigenvalue weighted by atomic mass is 35.5. The minimum Gasteiger partial charge on any atom is -0.503 e. The predicted octanol–water partition coefficient (Wildman–Crippen LogP) is 3.25. The average Bonchev–Trinajstić information content (AvgIpc) is 2.77. The van der Waals surface area contributed by atoms with Crippen LogP contribution in [0, 0.1) is 11.6 Å². The fourth-order valence-corrected chi connectivity index (χ4v) is 3.93. The molecule has 0 radical (unpaired) electrons. The lowest BCUT2D eigenvalue weighted by atomic mass is 10.1. The summed E-state index contributed by atoms with van der Waals surface area (Å²) in [4.78, 5) is 39.7. The number of pyridine rings is 1. The van der Waals surface area contributed by atoms with Crippen LogP contribution in [-0.4, -0.2) is 28.5 Å². The monoisotopic (exact) mass is 473 g/mol. The minimum absolute atomic E-state index is 0.0191. The first-order valence-electron chi connectivity index (χ1n) is 9.92. The molecule has 1 aliphatic rings. The molecular weight excluding hydrogens is 456 g/mol. The molecule has 0 bridgehead atoms. The van der Waals surface area contributed by atoms with Crippen LogP contribution in [-0.2, 0) is 19.5 Å². The number of benzene rings is 2. The number of hydrogen-bond acceptors (Lipinski definition) is 4. The molecule has 7 nitrogen and oxygen atoms in total. The van der Waals surface area contributed by atoms with Gasteiger partial charge in [-0.2, -0.15) is 0 Å². The van der Waals surface area contributed by atoms with Gasteiger partial charge >= 0.3 is 0 Å². The number of rotatable bonds is 3. The molecule has 3 aromatic rings. The SMILES string of the molecule is CN1C(=O)c2c(O)c(=O)c(C(=O)NCc3ccc(F)cc3F)cn2CCc2cc(Cl)ccc21. The maximum atomic E-state index is 13.8. The van der Waals surface area contributed by atoms with E-state index in [0.29, 0.717) is 23.2 Å². The number of nitrogens with zero attached hydrogens (tertiary/aromatic N) is 2. The number of halogens is 3. The molecule has 0 spiro atoms. The zero-order valence-corrected chi connectivity index (χ0v) is 18.1. The van der Waals surface area contributed by atoms with Crippen LogP contribution in [0.5, 0.6) is 5.75 Å². The van der Waals surface area contributed by atoms with Gasteiger partial charge in [0.05, 0.1) is 0 Å². The Morgan fingerprint density at radius 3 is 2.67 bits per heavy atom. The normalized spacial score (nSPS) is 13.1. The number of carbonyl (C=O) groups is 2. The number of fused-ring (bicyclic) bond motifs is 2. The highest BCUT2D eigenvalue weighted by Gasteiger charge is 2.29. The van der Waals surface area contributed by atoms with Crippen molar-refractivity contribution >= 4 is 29.1 Å². The number of aryl methyl sites for hydroxylation is 2. The van der Waals surface area contributed by atoms with E-state index in [2.05, 4.69) is 5.32 Å². The predicted molar refractivity (Wildman–Crippen MR) is 118 cm³/mol. The molecule has 2 N–H and O–H groups in total. The number of carbonyl (C=O) groups excluding carboxylic acids is 2. The third kappa shape index (κ3) is 4.19. The lowest BCUT2D eigenvalue weighted by molar-refractivity contribution is 0.0941. The Hall–Kier alpha value is -3.72. The van der Waals surface area contributed by atoms with Crippen molar-refractivity contribution in [3.8, 4) is 5.75 Å². The molecule has 0 fully saturated rings. The fourth-order valence-electron chi connectivity index (χ4n) is 3.74. The summed E-state index contributed by atoms with van der Waals surface area (Å²) in [7, 11) is 1.51. The van der Waals surface area contributed by atoms with E-state index in [1.807, 2.05) is 0 Å². The Balaban J connectivity index is 1.68. The van der Waals surface area contributed by atoms with Crippen LogP contribution >= 0.6 is 11.6 Å². The lowest BCUT2D eigenvalue weighted by Gasteiger charge is -2.27.